The molecule has 0 unspecified atom stereocenters. The van der Waals surface area contributed by atoms with Crippen molar-refractivity contribution in [3.05, 3.63) is 53.6 Å². The van der Waals surface area contributed by atoms with Gasteiger partial charge in [0.2, 0.25) is 5.91 Å². The van der Waals surface area contributed by atoms with Crippen molar-refractivity contribution in [2.75, 3.05) is 45.3 Å². The van der Waals surface area contributed by atoms with E-state index in [1.165, 1.54) is 11.3 Å². The average molecular weight is 383 g/mol. The molecule has 5 heteroatoms. The lowest BCUT2D eigenvalue weighted by Crippen LogP contribution is -2.48. The highest BCUT2D eigenvalue weighted by Crippen LogP contribution is 2.28. The van der Waals surface area contributed by atoms with Crippen molar-refractivity contribution >= 4 is 11.6 Å². The summed E-state index contributed by atoms with van der Waals surface area (Å²) in [5, 5.41) is 0. The number of anilines is 1. The van der Waals surface area contributed by atoms with Crippen molar-refractivity contribution in [3.63, 3.8) is 0 Å². The molecule has 0 atom stereocenters. The summed E-state index contributed by atoms with van der Waals surface area (Å²) in [5.74, 6) is 1.63. The van der Waals surface area contributed by atoms with E-state index in [1.807, 2.05) is 23.1 Å². The molecule has 5 nitrogen and oxygen atoms in total. The van der Waals surface area contributed by atoms with Crippen LogP contribution in [-0.4, -0.2) is 51.2 Å². The first-order chi connectivity index (χ1) is 13.6. The number of hydrogen-bond donors (Lipinski definition) is 0. The van der Waals surface area contributed by atoms with Crippen LogP contribution in [0.3, 0.4) is 0 Å². The molecular weight excluding hydrogens is 352 g/mol. The van der Waals surface area contributed by atoms with Crippen LogP contribution in [0.5, 0.6) is 11.5 Å². The molecule has 150 valence electrons. The van der Waals surface area contributed by atoms with E-state index in [1.54, 1.807) is 14.2 Å². The molecule has 3 rings (SSSR count). The monoisotopic (exact) mass is 382 g/mol. The van der Waals surface area contributed by atoms with E-state index in [4.69, 9.17) is 9.47 Å². The molecule has 1 heterocycles. The zero-order valence-corrected chi connectivity index (χ0v) is 17.1. The molecule has 0 aliphatic carbocycles. The molecule has 0 bridgehead atoms. The minimum atomic E-state index is 0.218. The summed E-state index contributed by atoms with van der Waals surface area (Å²) in [5.41, 5.74) is 3.68. The Hall–Kier alpha value is -2.69. The van der Waals surface area contributed by atoms with Crippen LogP contribution in [0.1, 0.15) is 24.5 Å². The molecule has 1 amide bonds. The maximum atomic E-state index is 12.6. The van der Waals surface area contributed by atoms with Crippen LogP contribution in [0.15, 0.2) is 42.5 Å². The largest absolute Gasteiger partial charge is 0.493 e. The molecule has 28 heavy (non-hydrogen) atoms. The maximum absolute atomic E-state index is 12.6. The second kappa shape index (κ2) is 9.49. The third-order valence-electron chi connectivity index (χ3n) is 5.42. The van der Waals surface area contributed by atoms with Gasteiger partial charge >= 0.3 is 0 Å². The predicted octanol–water partition coefficient (Wildman–Crippen LogP) is 3.55. The van der Waals surface area contributed by atoms with Gasteiger partial charge < -0.3 is 19.3 Å². The Labute approximate surface area is 167 Å². The van der Waals surface area contributed by atoms with E-state index >= 15 is 0 Å². The Kier molecular flexibility index (Phi) is 6.80. The predicted molar refractivity (Wildman–Crippen MR) is 112 cm³/mol. The number of hydrogen-bond acceptors (Lipinski definition) is 4. The van der Waals surface area contributed by atoms with Gasteiger partial charge in [0.25, 0.3) is 0 Å². The standard InChI is InChI=1S/C23H30N2O3/c1-4-18-5-9-20(10-6-18)24-13-15-25(16-14-24)23(26)12-8-19-7-11-21(27-2)22(17-19)28-3/h5-7,9-11,17H,4,8,12-16H2,1-3H3. The fraction of sp³-hybridized carbons (Fsp3) is 0.435. The highest BCUT2D eigenvalue weighted by atomic mass is 16.5. The average Bonchev–Trinajstić information content (AvgIpc) is 2.77. The lowest BCUT2D eigenvalue weighted by Gasteiger charge is -2.36. The molecule has 2 aromatic rings. The Morgan fingerprint density at radius 2 is 1.54 bits per heavy atom. The quantitative estimate of drug-likeness (QED) is 0.734. The molecule has 1 fully saturated rings. The number of nitrogens with zero attached hydrogens (tertiary/aromatic N) is 2. The van der Waals surface area contributed by atoms with Gasteiger partial charge in [-0.05, 0) is 48.2 Å². The molecular formula is C23H30N2O3. The van der Waals surface area contributed by atoms with Gasteiger partial charge in [-0.3, -0.25) is 4.79 Å². The van der Waals surface area contributed by atoms with Gasteiger partial charge in [0.05, 0.1) is 14.2 Å². The van der Waals surface area contributed by atoms with Crippen molar-refractivity contribution < 1.29 is 14.3 Å². The van der Waals surface area contributed by atoms with Crippen molar-refractivity contribution in [2.45, 2.75) is 26.2 Å². The summed E-state index contributed by atoms with van der Waals surface area (Å²) in [4.78, 5) is 17.0. The highest BCUT2D eigenvalue weighted by molar-refractivity contribution is 5.77. The molecule has 0 aromatic heterocycles. The number of methoxy groups -OCH3 is 2. The number of rotatable bonds is 7. The van der Waals surface area contributed by atoms with Crippen molar-refractivity contribution in [3.8, 4) is 11.5 Å². The Bertz CT molecular complexity index is 781. The molecule has 0 saturated carbocycles. The first-order valence-electron chi connectivity index (χ1n) is 9.97. The molecule has 2 aromatic carbocycles. The zero-order chi connectivity index (χ0) is 19.9. The smallest absolute Gasteiger partial charge is 0.223 e. The number of piperazine rings is 1. The van der Waals surface area contributed by atoms with Gasteiger partial charge in [0, 0.05) is 38.3 Å². The van der Waals surface area contributed by atoms with Crippen molar-refractivity contribution in [2.24, 2.45) is 0 Å². The van der Waals surface area contributed by atoms with Crippen LogP contribution in [0, 0.1) is 0 Å². The Morgan fingerprint density at radius 1 is 0.893 bits per heavy atom. The number of benzene rings is 2. The van der Waals surface area contributed by atoms with Gasteiger partial charge in [-0.15, -0.1) is 0 Å². The Balaban J connectivity index is 1.49. The zero-order valence-electron chi connectivity index (χ0n) is 17.1. The van der Waals surface area contributed by atoms with Crippen LogP contribution >= 0.6 is 0 Å². The summed E-state index contributed by atoms with van der Waals surface area (Å²) in [6.07, 6.45) is 2.28. The fourth-order valence-electron chi connectivity index (χ4n) is 3.60. The van der Waals surface area contributed by atoms with E-state index in [-0.39, 0.29) is 5.91 Å². The van der Waals surface area contributed by atoms with E-state index in [9.17, 15) is 4.79 Å². The van der Waals surface area contributed by atoms with E-state index in [2.05, 4.69) is 36.1 Å². The minimum absolute atomic E-state index is 0.218. The third-order valence-corrected chi connectivity index (χ3v) is 5.42. The number of carbonyl (C=O) groups excluding carboxylic acids is 1. The van der Waals surface area contributed by atoms with Gasteiger partial charge in [0.1, 0.15) is 0 Å². The summed E-state index contributed by atoms with van der Waals surface area (Å²) in [7, 11) is 3.25. The van der Waals surface area contributed by atoms with E-state index < -0.39 is 0 Å². The summed E-state index contributed by atoms with van der Waals surface area (Å²) >= 11 is 0. The molecule has 1 aliphatic heterocycles. The SMILES string of the molecule is CCc1ccc(N2CCN(C(=O)CCc3ccc(OC)c(OC)c3)CC2)cc1. The number of carbonyl (C=O) groups is 1. The maximum Gasteiger partial charge on any atom is 0.223 e. The lowest BCUT2D eigenvalue weighted by atomic mass is 10.1. The topological polar surface area (TPSA) is 42.0 Å². The number of ether oxygens (including phenoxy) is 2. The van der Waals surface area contributed by atoms with Crippen LogP contribution in [0.2, 0.25) is 0 Å². The number of amides is 1. The van der Waals surface area contributed by atoms with Gasteiger partial charge in [-0.25, -0.2) is 0 Å². The van der Waals surface area contributed by atoms with E-state index in [0.29, 0.717) is 24.3 Å². The second-order valence-electron chi connectivity index (χ2n) is 7.08. The van der Waals surface area contributed by atoms with Crippen LogP contribution in [-0.2, 0) is 17.6 Å². The van der Waals surface area contributed by atoms with Crippen molar-refractivity contribution in [1.29, 1.82) is 0 Å². The third kappa shape index (κ3) is 4.77. The van der Waals surface area contributed by atoms with Gasteiger partial charge in [-0.1, -0.05) is 25.1 Å². The minimum Gasteiger partial charge on any atom is -0.493 e. The van der Waals surface area contributed by atoms with Crippen molar-refractivity contribution in [1.82, 2.24) is 4.90 Å². The molecule has 1 aliphatic rings. The molecule has 0 radical (unpaired) electrons. The number of aryl methyl sites for hydroxylation is 2. The van der Waals surface area contributed by atoms with Gasteiger partial charge in [0.15, 0.2) is 11.5 Å². The summed E-state index contributed by atoms with van der Waals surface area (Å²) in [6.45, 7) is 5.49. The highest BCUT2D eigenvalue weighted by Gasteiger charge is 2.21. The van der Waals surface area contributed by atoms with Crippen LogP contribution in [0.25, 0.3) is 0 Å². The lowest BCUT2D eigenvalue weighted by molar-refractivity contribution is -0.131. The first-order valence-corrected chi connectivity index (χ1v) is 9.97. The van der Waals surface area contributed by atoms with Crippen LogP contribution < -0.4 is 14.4 Å². The molecule has 0 N–H and O–H groups in total. The summed E-state index contributed by atoms with van der Waals surface area (Å²) in [6, 6.07) is 14.6. The fourth-order valence-corrected chi connectivity index (χ4v) is 3.60. The first kappa shape index (κ1) is 20.1. The molecule has 0 spiro atoms. The van der Waals surface area contributed by atoms with E-state index in [0.717, 1.165) is 38.2 Å². The van der Waals surface area contributed by atoms with Crippen LogP contribution in [0.4, 0.5) is 5.69 Å². The summed E-state index contributed by atoms with van der Waals surface area (Å²) < 4.78 is 10.6. The Morgan fingerprint density at radius 3 is 2.14 bits per heavy atom. The second-order valence-corrected chi connectivity index (χ2v) is 7.08. The molecule has 1 saturated heterocycles. The van der Waals surface area contributed by atoms with Gasteiger partial charge in [-0.2, -0.15) is 0 Å². The normalized spacial score (nSPS) is 14.1.